The molecule has 11 nitrogen and oxygen atoms in total. The van der Waals surface area contributed by atoms with Gasteiger partial charge in [0.05, 0.1) is 32.5 Å². The quantitative estimate of drug-likeness (QED) is 0.641. The molecule has 0 spiro atoms. The number of benzene rings is 1. The molecule has 3 aliphatic rings. The number of likely N-dealkylation sites (tertiary alicyclic amines) is 1. The molecule has 194 valence electrons. The van der Waals surface area contributed by atoms with Gasteiger partial charge in [0.1, 0.15) is 0 Å². The van der Waals surface area contributed by atoms with Crippen molar-refractivity contribution in [1.29, 1.82) is 0 Å². The maximum absolute atomic E-state index is 12.5. The number of carbonyl (C=O) groups excluding carboxylic acids is 1. The van der Waals surface area contributed by atoms with Gasteiger partial charge in [0.25, 0.3) is 0 Å². The van der Waals surface area contributed by atoms with Gasteiger partial charge in [-0.3, -0.25) is 0 Å². The second kappa shape index (κ2) is 11.4. The van der Waals surface area contributed by atoms with Crippen molar-refractivity contribution < 1.29 is 14.3 Å². The number of rotatable bonds is 5. The second-order valence-corrected chi connectivity index (χ2v) is 9.73. The van der Waals surface area contributed by atoms with Crippen LogP contribution in [0.25, 0.3) is 11.4 Å². The van der Waals surface area contributed by atoms with Crippen molar-refractivity contribution in [2.24, 2.45) is 0 Å². The predicted molar refractivity (Wildman–Crippen MR) is 139 cm³/mol. The van der Waals surface area contributed by atoms with E-state index in [1.165, 1.54) is 0 Å². The number of nitrogens with zero attached hydrogens (tertiary/aromatic N) is 6. The summed E-state index contributed by atoms with van der Waals surface area (Å²) in [7, 11) is 2.11. The van der Waals surface area contributed by atoms with Crippen molar-refractivity contribution in [3.05, 3.63) is 24.3 Å². The summed E-state index contributed by atoms with van der Waals surface area (Å²) in [6, 6.07) is 7.88. The lowest BCUT2D eigenvalue weighted by Crippen LogP contribution is -2.45. The summed E-state index contributed by atoms with van der Waals surface area (Å²) in [6.45, 7) is 8.97. The van der Waals surface area contributed by atoms with E-state index in [1.54, 1.807) is 0 Å². The van der Waals surface area contributed by atoms with Crippen molar-refractivity contribution in [1.82, 2.24) is 25.2 Å². The highest BCUT2D eigenvalue weighted by atomic mass is 16.5. The number of piperidine rings is 1. The van der Waals surface area contributed by atoms with E-state index in [2.05, 4.69) is 39.3 Å². The van der Waals surface area contributed by atoms with Crippen LogP contribution in [0.1, 0.15) is 19.8 Å². The fraction of sp³-hybridized carbons (Fsp3) is 0.600. The molecule has 3 fully saturated rings. The van der Waals surface area contributed by atoms with Crippen molar-refractivity contribution >= 4 is 23.6 Å². The van der Waals surface area contributed by atoms with Crippen molar-refractivity contribution in [3.63, 3.8) is 0 Å². The van der Waals surface area contributed by atoms with Gasteiger partial charge in [-0.15, -0.1) is 0 Å². The lowest BCUT2D eigenvalue weighted by molar-refractivity contribution is 0.0980. The molecule has 1 aromatic heterocycles. The largest absolute Gasteiger partial charge is 0.378 e. The minimum atomic E-state index is -0.171. The number of nitrogens with one attached hydrogen (secondary N) is 2. The van der Waals surface area contributed by atoms with Crippen LogP contribution in [0.3, 0.4) is 0 Å². The molecule has 0 radical (unpaired) electrons. The zero-order valence-electron chi connectivity index (χ0n) is 21.2. The molecular formula is C25H36N8O3. The Labute approximate surface area is 212 Å². The zero-order chi connectivity index (χ0) is 24.9. The molecule has 3 saturated heterocycles. The fourth-order valence-corrected chi connectivity index (χ4v) is 4.75. The van der Waals surface area contributed by atoms with E-state index in [4.69, 9.17) is 24.4 Å². The lowest BCUT2D eigenvalue weighted by Gasteiger charge is -2.34. The van der Waals surface area contributed by atoms with Crippen molar-refractivity contribution in [2.75, 3.05) is 81.3 Å². The second-order valence-electron chi connectivity index (χ2n) is 9.73. The molecule has 1 atom stereocenters. The fourth-order valence-electron chi connectivity index (χ4n) is 4.75. The van der Waals surface area contributed by atoms with Crippen molar-refractivity contribution in [3.8, 4) is 11.4 Å². The summed E-state index contributed by atoms with van der Waals surface area (Å²) in [5.74, 6) is 1.94. The Morgan fingerprint density at radius 3 is 2.33 bits per heavy atom. The minimum Gasteiger partial charge on any atom is -0.378 e. The number of ether oxygens (including phenoxy) is 2. The smallest absolute Gasteiger partial charge is 0.319 e. The van der Waals surface area contributed by atoms with E-state index < -0.39 is 0 Å². The van der Waals surface area contributed by atoms with Crippen LogP contribution in [0.15, 0.2) is 24.3 Å². The van der Waals surface area contributed by atoms with E-state index in [0.29, 0.717) is 44.1 Å². The monoisotopic (exact) mass is 496 g/mol. The van der Waals surface area contributed by atoms with Crippen LogP contribution in [0.2, 0.25) is 0 Å². The first kappa shape index (κ1) is 24.7. The molecule has 4 heterocycles. The first-order valence-corrected chi connectivity index (χ1v) is 12.8. The molecule has 2 N–H and O–H groups in total. The van der Waals surface area contributed by atoms with Crippen LogP contribution in [0, 0.1) is 0 Å². The number of hydrogen-bond acceptors (Lipinski definition) is 9. The molecule has 3 aliphatic heterocycles. The summed E-state index contributed by atoms with van der Waals surface area (Å²) in [6.07, 6.45) is 1.94. The third-order valence-electron chi connectivity index (χ3n) is 6.99. The highest BCUT2D eigenvalue weighted by Gasteiger charge is 2.25. The van der Waals surface area contributed by atoms with Gasteiger partial charge in [-0.25, -0.2) is 4.79 Å². The van der Waals surface area contributed by atoms with Gasteiger partial charge in [-0.1, -0.05) is 0 Å². The number of urea groups is 1. The third kappa shape index (κ3) is 6.03. The molecule has 0 aliphatic carbocycles. The topological polar surface area (TPSA) is 108 Å². The highest BCUT2D eigenvalue weighted by Crippen LogP contribution is 2.25. The normalized spacial score (nSPS) is 21.9. The standard InChI is InChI=1S/C25H36N8O3/c1-18-17-36-16-13-33(18)24-29-22(28-23(30-24)32-11-14-35-15-12-32)19-3-5-20(6-4-19)26-25(34)27-21-7-9-31(2)10-8-21/h3-6,18,21H,7-17H2,1-2H3,(H2,26,27,34)/t18-/m0/s1. The SMILES string of the molecule is C[C@H]1COCCN1c1nc(-c2ccc(NC(=O)NC3CCN(C)CC3)cc2)nc(N2CCOCC2)n1. The molecule has 1 aromatic carbocycles. The molecule has 36 heavy (non-hydrogen) atoms. The first-order valence-electron chi connectivity index (χ1n) is 12.8. The Bertz CT molecular complexity index is 1020. The Morgan fingerprint density at radius 2 is 1.61 bits per heavy atom. The summed E-state index contributed by atoms with van der Waals surface area (Å²) in [5, 5.41) is 6.03. The third-order valence-corrected chi connectivity index (χ3v) is 6.99. The lowest BCUT2D eigenvalue weighted by atomic mass is 10.1. The van der Waals surface area contributed by atoms with Gasteiger partial charge in [0.15, 0.2) is 5.82 Å². The number of hydrogen-bond donors (Lipinski definition) is 2. The Balaban J connectivity index is 1.32. The van der Waals surface area contributed by atoms with Crippen LogP contribution < -0.4 is 20.4 Å². The number of morpholine rings is 2. The van der Waals surface area contributed by atoms with E-state index in [0.717, 1.165) is 56.8 Å². The maximum Gasteiger partial charge on any atom is 0.319 e. The van der Waals surface area contributed by atoms with Crippen LogP contribution in [-0.4, -0.2) is 104 Å². The Morgan fingerprint density at radius 1 is 0.917 bits per heavy atom. The molecule has 0 bridgehead atoms. The highest BCUT2D eigenvalue weighted by molar-refractivity contribution is 5.89. The summed E-state index contributed by atoms with van der Waals surface area (Å²) >= 11 is 0. The molecule has 0 saturated carbocycles. The van der Waals surface area contributed by atoms with E-state index in [-0.39, 0.29) is 18.1 Å². The molecule has 0 unspecified atom stereocenters. The predicted octanol–water partition coefficient (Wildman–Crippen LogP) is 1.82. The Kier molecular flexibility index (Phi) is 7.78. The van der Waals surface area contributed by atoms with Gasteiger partial charge < -0.3 is 34.8 Å². The number of aromatic nitrogens is 3. The zero-order valence-corrected chi connectivity index (χ0v) is 21.2. The van der Waals surface area contributed by atoms with Gasteiger partial charge in [0.2, 0.25) is 11.9 Å². The summed E-state index contributed by atoms with van der Waals surface area (Å²) in [5.41, 5.74) is 1.60. The van der Waals surface area contributed by atoms with Gasteiger partial charge in [-0.05, 0) is 64.2 Å². The first-order chi connectivity index (χ1) is 17.5. The van der Waals surface area contributed by atoms with Crippen LogP contribution in [-0.2, 0) is 9.47 Å². The van der Waals surface area contributed by atoms with Crippen molar-refractivity contribution in [2.45, 2.75) is 31.8 Å². The summed E-state index contributed by atoms with van der Waals surface area (Å²) < 4.78 is 11.1. The molecule has 2 amide bonds. The number of anilines is 3. The van der Waals surface area contributed by atoms with E-state index in [1.807, 2.05) is 24.3 Å². The van der Waals surface area contributed by atoms with Gasteiger partial charge >= 0.3 is 6.03 Å². The number of carbonyl (C=O) groups is 1. The Hall–Kier alpha value is -3.02. The van der Waals surface area contributed by atoms with E-state index >= 15 is 0 Å². The minimum absolute atomic E-state index is 0.171. The van der Waals surface area contributed by atoms with Gasteiger partial charge in [0, 0.05) is 36.9 Å². The summed E-state index contributed by atoms with van der Waals surface area (Å²) in [4.78, 5) is 33.6. The number of amides is 2. The van der Waals surface area contributed by atoms with Crippen LogP contribution >= 0.6 is 0 Å². The molecular weight excluding hydrogens is 460 g/mol. The molecule has 2 aromatic rings. The van der Waals surface area contributed by atoms with Crippen LogP contribution in [0.5, 0.6) is 0 Å². The average Bonchev–Trinajstić information content (AvgIpc) is 2.91. The maximum atomic E-state index is 12.5. The molecule has 5 rings (SSSR count). The van der Waals surface area contributed by atoms with E-state index in [9.17, 15) is 4.79 Å². The average molecular weight is 497 g/mol. The van der Waals surface area contributed by atoms with Gasteiger partial charge in [-0.2, -0.15) is 15.0 Å². The van der Waals surface area contributed by atoms with Crippen LogP contribution in [0.4, 0.5) is 22.4 Å². The molecule has 11 heteroatoms.